The number of nitrogens with two attached hydrogens (primary N) is 1. The van der Waals surface area contributed by atoms with Crippen LogP contribution in [0.5, 0.6) is 5.75 Å². The summed E-state index contributed by atoms with van der Waals surface area (Å²) in [5.74, 6) is 0.606. The Kier molecular flexibility index (Phi) is 6.16. The van der Waals surface area contributed by atoms with Gasteiger partial charge in [-0.25, -0.2) is 17.8 Å². The summed E-state index contributed by atoms with van der Waals surface area (Å²) in [6.07, 6.45) is 2.71. The van der Waals surface area contributed by atoms with Crippen LogP contribution in [0.4, 0.5) is 0 Å². The molecule has 0 fully saturated rings. The lowest BCUT2D eigenvalue weighted by Gasteiger charge is -2.07. The number of hydrogen-bond acceptors (Lipinski definition) is 5. The van der Waals surface area contributed by atoms with Crippen molar-refractivity contribution < 1.29 is 13.2 Å². The topological polar surface area (TPSA) is 99.2 Å². The molecule has 0 radical (unpaired) electrons. The lowest BCUT2D eigenvalue weighted by molar-refractivity contribution is 0.411. The second-order valence-corrected chi connectivity index (χ2v) is 5.75. The molecular formula is C12H17ClN4O3S. The van der Waals surface area contributed by atoms with Crippen LogP contribution < -0.4 is 15.2 Å². The molecule has 21 heavy (non-hydrogen) atoms. The maximum atomic E-state index is 11.9. The Labute approximate surface area is 129 Å². The molecule has 0 aliphatic rings. The SMILES string of the molecule is COc1ccccc1-n1cc(S(=O)(=O)NCCN)cn1.Cl. The summed E-state index contributed by atoms with van der Waals surface area (Å²) < 4.78 is 32.9. The summed E-state index contributed by atoms with van der Waals surface area (Å²) in [6, 6.07) is 7.21. The monoisotopic (exact) mass is 332 g/mol. The van der Waals surface area contributed by atoms with Crippen molar-refractivity contribution in [2.45, 2.75) is 4.90 Å². The molecular weight excluding hydrogens is 316 g/mol. The lowest BCUT2D eigenvalue weighted by Crippen LogP contribution is -2.28. The Morgan fingerprint density at radius 3 is 2.76 bits per heavy atom. The van der Waals surface area contributed by atoms with E-state index < -0.39 is 10.0 Å². The zero-order valence-corrected chi connectivity index (χ0v) is 13.0. The van der Waals surface area contributed by atoms with Crippen LogP contribution in [0.3, 0.4) is 0 Å². The van der Waals surface area contributed by atoms with Crippen LogP contribution in [-0.4, -0.2) is 38.4 Å². The van der Waals surface area contributed by atoms with Crippen molar-refractivity contribution in [1.29, 1.82) is 0 Å². The number of benzene rings is 1. The standard InChI is InChI=1S/C12H16N4O3S.ClH/c1-19-12-5-3-2-4-11(12)16-9-10(8-14-16)20(17,18)15-7-6-13;/h2-5,8-9,15H,6-7,13H2,1H3;1H. The molecule has 0 saturated heterocycles. The van der Waals surface area contributed by atoms with Crippen LogP contribution in [-0.2, 0) is 10.0 Å². The second kappa shape index (κ2) is 7.41. The van der Waals surface area contributed by atoms with Crippen LogP contribution >= 0.6 is 12.4 Å². The van der Waals surface area contributed by atoms with E-state index in [9.17, 15) is 8.42 Å². The van der Waals surface area contributed by atoms with Crippen LogP contribution in [0.2, 0.25) is 0 Å². The maximum absolute atomic E-state index is 11.9. The van der Waals surface area contributed by atoms with E-state index in [2.05, 4.69) is 9.82 Å². The molecule has 0 atom stereocenters. The Morgan fingerprint density at radius 2 is 2.10 bits per heavy atom. The van der Waals surface area contributed by atoms with Crippen LogP contribution in [0.25, 0.3) is 5.69 Å². The van der Waals surface area contributed by atoms with E-state index in [-0.39, 0.29) is 30.4 Å². The van der Waals surface area contributed by atoms with Gasteiger partial charge in [0, 0.05) is 13.1 Å². The zero-order chi connectivity index (χ0) is 14.6. The van der Waals surface area contributed by atoms with Crippen LogP contribution in [0.15, 0.2) is 41.6 Å². The molecule has 0 saturated carbocycles. The fourth-order valence-corrected chi connectivity index (χ4v) is 2.65. The van der Waals surface area contributed by atoms with Gasteiger partial charge in [0.1, 0.15) is 16.3 Å². The molecule has 0 aliphatic heterocycles. The number of nitrogens with one attached hydrogen (secondary N) is 1. The number of rotatable bonds is 6. The molecule has 3 N–H and O–H groups in total. The van der Waals surface area contributed by atoms with Crippen LogP contribution in [0, 0.1) is 0 Å². The first-order valence-electron chi connectivity index (χ1n) is 5.96. The molecule has 9 heteroatoms. The molecule has 2 rings (SSSR count). The molecule has 1 aromatic heterocycles. The van der Waals surface area contributed by atoms with Gasteiger partial charge in [-0.15, -0.1) is 12.4 Å². The lowest BCUT2D eigenvalue weighted by atomic mass is 10.3. The van der Waals surface area contributed by atoms with Crippen LogP contribution in [0.1, 0.15) is 0 Å². The Hall–Kier alpha value is -1.61. The quantitative estimate of drug-likeness (QED) is 0.804. The van der Waals surface area contributed by atoms with E-state index in [1.165, 1.54) is 17.1 Å². The average molecular weight is 333 g/mol. The molecule has 116 valence electrons. The van der Waals surface area contributed by atoms with Gasteiger partial charge in [-0.05, 0) is 12.1 Å². The third-order valence-electron chi connectivity index (χ3n) is 2.64. The first kappa shape index (κ1) is 17.4. The minimum atomic E-state index is -3.58. The highest BCUT2D eigenvalue weighted by molar-refractivity contribution is 7.89. The minimum Gasteiger partial charge on any atom is -0.494 e. The Balaban J connectivity index is 0.00000220. The van der Waals surface area contributed by atoms with Gasteiger partial charge in [-0.2, -0.15) is 5.10 Å². The van der Waals surface area contributed by atoms with Gasteiger partial charge in [0.05, 0.1) is 19.5 Å². The summed E-state index contributed by atoms with van der Waals surface area (Å²) in [4.78, 5) is 0.0804. The number of nitrogens with zero attached hydrogens (tertiary/aromatic N) is 2. The maximum Gasteiger partial charge on any atom is 0.243 e. The zero-order valence-electron chi connectivity index (χ0n) is 11.4. The largest absolute Gasteiger partial charge is 0.494 e. The number of aromatic nitrogens is 2. The highest BCUT2D eigenvalue weighted by Gasteiger charge is 2.16. The van der Waals surface area contributed by atoms with Crippen molar-refractivity contribution in [3.63, 3.8) is 0 Å². The molecule has 7 nitrogen and oxygen atoms in total. The van der Waals surface area contributed by atoms with E-state index in [0.717, 1.165) is 0 Å². The first-order valence-corrected chi connectivity index (χ1v) is 7.44. The smallest absolute Gasteiger partial charge is 0.243 e. The third kappa shape index (κ3) is 3.94. The van der Waals surface area contributed by atoms with Crippen molar-refractivity contribution in [2.24, 2.45) is 5.73 Å². The van der Waals surface area contributed by atoms with E-state index in [4.69, 9.17) is 10.5 Å². The summed E-state index contributed by atoms with van der Waals surface area (Å²) >= 11 is 0. The number of sulfonamides is 1. The van der Waals surface area contributed by atoms with Gasteiger partial charge < -0.3 is 10.5 Å². The van der Waals surface area contributed by atoms with Gasteiger partial charge in [-0.3, -0.25) is 0 Å². The summed E-state index contributed by atoms with van der Waals surface area (Å²) in [7, 11) is -2.04. The molecule has 0 unspecified atom stereocenters. The van der Waals surface area contributed by atoms with Gasteiger partial charge >= 0.3 is 0 Å². The van der Waals surface area contributed by atoms with Gasteiger partial charge in [0.25, 0.3) is 0 Å². The molecule has 0 spiro atoms. The Morgan fingerprint density at radius 1 is 1.38 bits per heavy atom. The molecule has 2 aromatic rings. The number of hydrogen-bond donors (Lipinski definition) is 2. The summed E-state index contributed by atoms with van der Waals surface area (Å²) in [5.41, 5.74) is 5.95. The molecule has 0 amide bonds. The predicted molar refractivity (Wildman–Crippen MR) is 81.6 cm³/mol. The average Bonchev–Trinajstić information content (AvgIpc) is 2.95. The second-order valence-electron chi connectivity index (χ2n) is 3.98. The Bertz CT molecular complexity index is 687. The van der Waals surface area contributed by atoms with E-state index in [1.807, 2.05) is 12.1 Å². The molecule has 0 aliphatic carbocycles. The van der Waals surface area contributed by atoms with E-state index in [0.29, 0.717) is 11.4 Å². The van der Waals surface area contributed by atoms with Crippen molar-refractivity contribution in [2.75, 3.05) is 20.2 Å². The number of halogens is 1. The molecule has 0 bridgehead atoms. The highest BCUT2D eigenvalue weighted by Crippen LogP contribution is 2.22. The third-order valence-corrected chi connectivity index (χ3v) is 4.05. The normalized spacial score (nSPS) is 11.0. The van der Waals surface area contributed by atoms with Crippen molar-refractivity contribution in [3.05, 3.63) is 36.7 Å². The van der Waals surface area contributed by atoms with E-state index in [1.54, 1.807) is 19.2 Å². The van der Waals surface area contributed by atoms with Crippen molar-refractivity contribution >= 4 is 22.4 Å². The van der Waals surface area contributed by atoms with Crippen molar-refractivity contribution in [1.82, 2.24) is 14.5 Å². The number of methoxy groups -OCH3 is 1. The first-order chi connectivity index (χ1) is 9.58. The predicted octanol–water partition coefficient (Wildman–Crippen LogP) is 0.540. The molecule has 1 heterocycles. The summed E-state index contributed by atoms with van der Waals surface area (Å²) in [5, 5.41) is 4.06. The molecule has 1 aromatic carbocycles. The number of ether oxygens (including phenoxy) is 1. The fourth-order valence-electron chi connectivity index (χ4n) is 1.67. The van der Waals surface area contributed by atoms with Crippen molar-refractivity contribution in [3.8, 4) is 11.4 Å². The van der Waals surface area contributed by atoms with E-state index >= 15 is 0 Å². The highest BCUT2D eigenvalue weighted by atomic mass is 35.5. The minimum absolute atomic E-state index is 0. The summed E-state index contributed by atoms with van der Waals surface area (Å²) in [6.45, 7) is 0.419. The fraction of sp³-hybridized carbons (Fsp3) is 0.250. The van der Waals surface area contributed by atoms with Gasteiger partial charge in [-0.1, -0.05) is 12.1 Å². The number of para-hydroxylation sites is 2. The van der Waals surface area contributed by atoms with Gasteiger partial charge in [0.2, 0.25) is 10.0 Å². The van der Waals surface area contributed by atoms with Gasteiger partial charge in [0.15, 0.2) is 0 Å².